The number of aromatic nitrogens is 1. The van der Waals surface area contributed by atoms with Gasteiger partial charge in [0, 0.05) is 22.5 Å². The molecule has 0 spiro atoms. The van der Waals surface area contributed by atoms with Crippen molar-refractivity contribution >= 4 is 28.4 Å². The number of aliphatic carboxylic acids is 2. The molecule has 0 saturated carbocycles. The fourth-order valence-corrected chi connectivity index (χ4v) is 3.89. The van der Waals surface area contributed by atoms with E-state index in [0.29, 0.717) is 18.5 Å². The van der Waals surface area contributed by atoms with E-state index in [2.05, 4.69) is 10.3 Å². The second-order valence-electron chi connectivity index (χ2n) is 6.08. The molecule has 3 rings (SSSR count). The maximum atomic E-state index is 11.9. The summed E-state index contributed by atoms with van der Waals surface area (Å²) in [6.45, 7) is 3.89. The van der Waals surface area contributed by atoms with Gasteiger partial charge >= 0.3 is 11.9 Å². The summed E-state index contributed by atoms with van der Waals surface area (Å²) in [6, 6.07) is 6.64. The van der Waals surface area contributed by atoms with Crippen LogP contribution in [0, 0.1) is 0 Å². The molecule has 24 heavy (non-hydrogen) atoms. The second-order valence-corrected chi connectivity index (χ2v) is 6.08. The van der Waals surface area contributed by atoms with Gasteiger partial charge in [0.2, 0.25) is 0 Å². The van der Waals surface area contributed by atoms with Crippen molar-refractivity contribution in [1.29, 1.82) is 0 Å². The first-order valence-electron chi connectivity index (χ1n) is 8.00. The molecule has 1 aliphatic rings. The van der Waals surface area contributed by atoms with Crippen molar-refractivity contribution in [3.8, 4) is 0 Å². The van der Waals surface area contributed by atoms with Crippen LogP contribution in [0.5, 0.6) is 0 Å². The average molecular weight is 328 g/mol. The van der Waals surface area contributed by atoms with E-state index in [1.54, 1.807) is 0 Å². The Hall–Kier alpha value is -2.76. The lowest BCUT2D eigenvalue weighted by Gasteiger charge is -2.37. The van der Waals surface area contributed by atoms with Crippen LogP contribution in [0.2, 0.25) is 0 Å². The highest BCUT2D eigenvalue weighted by atomic mass is 16.4. The van der Waals surface area contributed by atoms with E-state index in [4.69, 9.17) is 0 Å². The molecule has 6 heteroatoms. The first-order chi connectivity index (χ1) is 11.5. The van der Waals surface area contributed by atoms with Gasteiger partial charge in [-0.2, -0.15) is 0 Å². The molecule has 1 aromatic carbocycles. The molecular weight excluding hydrogens is 308 g/mol. The lowest BCUT2D eigenvalue weighted by molar-refractivity contribution is -0.141. The van der Waals surface area contributed by atoms with Gasteiger partial charge in [-0.15, -0.1) is 0 Å². The predicted octanol–water partition coefficient (Wildman–Crippen LogP) is 2.71. The summed E-state index contributed by atoms with van der Waals surface area (Å²) >= 11 is 0. The van der Waals surface area contributed by atoms with Gasteiger partial charge in [0.05, 0.1) is 11.3 Å². The molecule has 0 unspecified atom stereocenters. The van der Waals surface area contributed by atoms with E-state index in [0.717, 1.165) is 16.5 Å². The maximum absolute atomic E-state index is 11.9. The number of aromatic amines is 1. The molecule has 0 radical (unpaired) electrons. The summed E-state index contributed by atoms with van der Waals surface area (Å²) in [5, 5.41) is 23.1. The molecule has 0 saturated heterocycles. The fraction of sp³-hybridized carbons (Fsp3) is 0.333. The third-order valence-electron chi connectivity index (χ3n) is 5.16. The van der Waals surface area contributed by atoms with Crippen LogP contribution in [0.15, 0.2) is 30.5 Å². The van der Waals surface area contributed by atoms with Crippen molar-refractivity contribution in [2.75, 3.05) is 0 Å². The van der Waals surface area contributed by atoms with Crippen LogP contribution in [0.3, 0.4) is 0 Å². The van der Waals surface area contributed by atoms with Gasteiger partial charge in [0.25, 0.3) is 0 Å². The smallest absolute Gasteiger partial charge is 0.339 e. The number of fused-ring (bicyclic) bond motifs is 3. The highest BCUT2D eigenvalue weighted by Gasteiger charge is 2.47. The van der Waals surface area contributed by atoms with Gasteiger partial charge in [0.1, 0.15) is 6.04 Å². The summed E-state index contributed by atoms with van der Waals surface area (Å²) in [4.78, 5) is 26.9. The van der Waals surface area contributed by atoms with Gasteiger partial charge < -0.3 is 20.5 Å². The number of benzene rings is 1. The highest BCUT2D eigenvalue weighted by molar-refractivity contribution is 6.17. The molecular formula is C18H20N2O4. The van der Waals surface area contributed by atoms with Gasteiger partial charge in [-0.1, -0.05) is 32.0 Å². The summed E-state index contributed by atoms with van der Waals surface area (Å²) in [6.07, 6.45) is 2.45. The standard InChI is InChI=1S/C18H20N2O4/c1-3-18(4-2)13-10-7-5-6-8-12(10)20-14(13)11(16(21)22)9-19-15(18)17(23)24/h5-9,15,19-20H,3-4H2,1-2H3,(H,21,22)(H,23,24)/t15-/m1/s1. The summed E-state index contributed by atoms with van der Waals surface area (Å²) in [7, 11) is 0. The number of carboxylic acids is 2. The number of nitrogens with one attached hydrogen (secondary N) is 2. The maximum Gasteiger partial charge on any atom is 0.339 e. The number of rotatable bonds is 4. The van der Waals surface area contributed by atoms with Gasteiger partial charge in [-0.05, 0) is 24.5 Å². The zero-order valence-electron chi connectivity index (χ0n) is 13.6. The van der Waals surface area contributed by atoms with E-state index in [-0.39, 0.29) is 5.57 Å². The molecule has 1 aromatic heterocycles. The van der Waals surface area contributed by atoms with Gasteiger partial charge in [-0.3, -0.25) is 0 Å². The van der Waals surface area contributed by atoms with Crippen LogP contribution in [-0.2, 0) is 15.0 Å². The van der Waals surface area contributed by atoms with Crippen molar-refractivity contribution in [3.63, 3.8) is 0 Å². The molecule has 6 nitrogen and oxygen atoms in total. The minimum atomic E-state index is -1.09. The van der Waals surface area contributed by atoms with Crippen LogP contribution in [0.1, 0.15) is 37.9 Å². The highest BCUT2D eigenvalue weighted by Crippen LogP contribution is 2.45. The number of carbonyl (C=O) groups is 2. The van der Waals surface area contributed by atoms with E-state index in [1.807, 2.05) is 38.1 Å². The Bertz CT molecular complexity index is 846. The Morgan fingerprint density at radius 3 is 2.42 bits per heavy atom. The molecule has 1 aliphatic heterocycles. The van der Waals surface area contributed by atoms with Crippen LogP contribution in [0.4, 0.5) is 0 Å². The quantitative estimate of drug-likeness (QED) is 0.691. The zero-order chi connectivity index (χ0) is 17.5. The van der Waals surface area contributed by atoms with Gasteiger partial charge in [0.15, 0.2) is 0 Å². The summed E-state index contributed by atoms with van der Waals surface area (Å²) in [5.41, 5.74) is 1.41. The monoisotopic (exact) mass is 328 g/mol. The number of hydrogen-bond acceptors (Lipinski definition) is 3. The molecule has 0 aliphatic carbocycles. The third-order valence-corrected chi connectivity index (χ3v) is 5.16. The Morgan fingerprint density at radius 2 is 1.83 bits per heavy atom. The lowest BCUT2D eigenvalue weighted by Crippen LogP contribution is -2.50. The van der Waals surface area contributed by atoms with Crippen molar-refractivity contribution in [2.45, 2.75) is 38.1 Å². The lowest BCUT2D eigenvalue weighted by atomic mass is 9.69. The predicted molar refractivity (Wildman–Crippen MR) is 90.7 cm³/mol. The molecule has 1 atom stereocenters. The minimum Gasteiger partial charge on any atom is -0.480 e. The van der Waals surface area contributed by atoms with E-state index < -0.39 is 23.4 Å². The fourth-order valence-electron chi connectivity index (χ4n) is 3.89. The largest absolute Gasteiger partial charge is 0.480 e. The number of para-hydroxylation sites is 1. The topological polar surface area (TPSA) is 102 Å². The van der Waals surface area contributed by atoms with E-state index in [1.165, 1.54) is 6.20 Å². The SMILES string of the molecule is CCC1(CC)c2c([nH]c3ccccc23)C(C(=O)O)=CN[C@@H]1C(=O)O. The van der Waals surface area contributed by atoms with Crippen LogP contribution in [0.25, 0.3) is 16.5 Å². The van der Waals surface area contributed by atoms with Gasteiger partial charge in [-0.25, -0.2) is 9.59 Å². The third kappa shape index (κ3) is 2.10. The zero-order valence-corrected chi connectivity index (χ0v) is 13.6. The van der Waals surface area contributed by atoms with Crippen molar-refractivity contribution < 1.29 is 19.8 Å². The Balaban J connectivity index is 2.44. The molecule has 4 N–H and O–H groups in total. The van der Waals surface area contributed by atoms with Crippen molar-refractivity contribution in [1.82, 2.24) is 10.3 Å². The molecule has 0 bridgehead atoms. The second kappa shape index (κ2) is 5.70. The number of hydrogen-bond donors (Lipinski definition) is 4. The van der Waals surface area contributed by atoms with Crippen LogP contribution in [-0.4, -0.2) is 33.2 Å². The molecule has 0 fully saturated rings. The first-order valence-corrected chi connectivity index (χ1v) is 8.00. The minimum absolute atomic E-state index is 0.0521. The van der Waals surface area contributed by atoms with Crippen molar-refractivity contribution in [3.05, 3.63) is 41.7 Å². The van der Waals surface area contributed by atoms with Crippen LogP contribution >= 0.6 is 0 Å². The number of carboxylic acid groups (broad SMARTS) is 2. The average Bonchev–Trinajstić information content (AvgIpc) is 2.86. The summed E-state index contributed by atoms with van der Waals surface area (Å²) < 4.78 is 0. The molecule has 2 aromatic rings. The Kier molecular flexibility index (Phi) is 3.83. The normalized spacial score (nSPS) is 19.1. The summed E-state index contributed by atoms with van der Waals surface area (Å²) in [5.74, 6) is -2.08. The molecule has 2 heterocycles. The van der Waals surface area contributed by atoms with Crippen LogP contribution < -0.4 is 5.32 Å². The Morgan fingerprint density at radius 1 is 1.17 bits per heavy atom. The molecule has 0 amide bonds. The van der Waals surface area contributed by atoms with E-state index in [9.17, 15) is 19.8 Å². The first kappa shape index (κ1) is 16.1. The Labute approximate surface area is 139 Å². The van der Waals surface area contributed by atoms with Crippen molar-refractivity contribution in [2.24, 2.45) is 0 Å². The molecule has 126 valence electrons. The number of H-pyrrole nitrogens is 1. The van der Waals surface area contributed by atoms with E-state index >= 15 is 0 Å².